The number of thiazole rings is 1. The van der Waals surface area contributed by atoms with Crippen LogP contribution in [0.5, 0.6) is 11.5 Å². The van der Waals surface area contributed by atoms with Gasteiger partial charge < -0.3 is 14.8 Å². The third kappa shape index (κ3) is 3.73. The molecule has 0 saturated heterocycles. The average molecular weight is 386 g/mol. The molecule has 1 aliphatic heterocycles. The summed E-state index contributed by atoms with van der Waals surface area (Å²) in [6.45, 7) is 3.65. The molecule has 0 aliphatic carbocycles. The Balaban J connectivity index is 1.33. The number of benzene rings is 1. The van der Waals surface area contributed by atoms with E-state index in [2.05, 4.69) is 27.8 Å². The van der Waals surface area contributed by atoms with Gasteiger partial charge in [-0.05, 0) is 43.7 Å². The van der Waals surface area contributed by atoms with E-state index in [1.165, 1.54) is 9.75 Å². The molecular weight excluding hydrogens is 368 g/mol. The van der Waals surface area contributed by atoms with Gasteiger partial charge >= 0.3 is 0 Å². The molecule has 4 rings (SSSR count). The summed E-state index contributed by atoms with van der Waals surface area (Å²) >= 11 is 3.38. The number of ether oxygens (including phenoxy) is 2. The number of hydrogen-bond donors (Lipinski definition) is 1. The molecule has 7 heteroatoms. The summed E-state index contributed by atoms with van der Waals surface area (Å²) in [5.41, 5.74) is 1.61. The van der Waals surface area contributed by atoms with Crippen LogP contribution in [-0.4, -0.2) is 30.6 Å². The fraction of sp³-hybridized carbons (Fsp3) is 0.263. The smallest absolute Gasteiger partial charge is 0.251 e. The van der Waals surface area contributed by atoms with Crippen LogP contribution in [0.2, 0.25) is 0 Å². The molecule has 5 nitrogen and oxygen atoms in total. The fourth-order valence-electron chi connectivity index (χ4n) is 2.71. The maximum absolute atomic E-state index is 12.3. The van der Waals surface area contributed by atoms with Crippen molar-refractivity contribution in [2.24, 2.45) is 0 Å². The molecule has 2 aromatic heterocycles. The standard InChI is InChI=1S/C19H18N2O3S2/c1-12-21-15(11-25-12)18-5-3-14(26-18)6-7-20-19(22)13-2-4-16-17(10-13)24-9-8-23-16/h2-5,10-11H,6-9H2,1H3,(H,20,22). The van der Waals surface area contributed by atoms with Crippen LogP contribution in [0.1, 0.15) is 20.2 Å². The first-order chi connectivity index (χ1) is 12.7. The number of fused-ring (bicyclic) bond motifs is 1. The summed E-state index contributed by atoms with van der Waals surface area (Å²) in [7, 11) is 0. The second kappa shape index (κ2) is 7.47. The van der Waals surface area contributed by atoms with Crippen molar-refractivity contribution in [2.75, 3.05) is 19.8 Å². The Morgan fingerprint density at radius 1 is 1.19 bits per heavy atom. The van der Waals surface area contributed by atoms with Crippen molar-refractivity contribution in [3.05, 3.63) is 51.2 Å². The van der Waals surface area contributed by atoms with Gasteiger partial charge in [0.25, 0.3) is 5.91 Å². The van der Waals surface area contributed by atoms with E-state index in [0.29, 0.717) is 36.8 Å². The highest BCUT2D eigenvalue weighted by atomic mass is 32.1. The molecule has 0 saturated carbocycles. The number of aryl methyl sites for hydroxylation is 1. The molecule has 26 heavy (non-hydrogen) atoms. The molecule has 1 aromatic carbocycles. The van der Waals surface area contributed by atoms with Crippen molar-refractivity contribution in [3.63, 3.8) is 0 Å². The van der Waals surface area contributed by atoms with Gasteiger partial charge in [-0.2, -0.15) is 0 Å². The van der Waals surface area contributed by atoms with Crippen LogP contribution in [0.25, 0.3) is 10.6 Å². The highest BCUT2D eigenvalue weighted by molar-refractivity contribution is 7.16. The fourth-order valence-corrected chi connectivity index (χ4v) is 4.37. The van der Waals surface area contributed by atoms with Crippen LogP contribution < -0.4 is 14.8 Å². The minimum absolute atomic E-state index is 0.103. The summed E-state index contributed by atoms with van der Waals surface area (Å²) in [6.07, 6.45) is 0.796. The van der Waals surface area contributed by atoms with E-state index >= 15 is 0 Å². The van der Waals surface area contributed by atoms with E-state index in [-0.39, 0.29) is 5.91 Å². The summed E-state index contributed by atoms with van der Waals surface area (Å²) in [4.78, 5) is 19.3. The van der Waals surface area contributed by atoms with Gasteiger partial charge in [-0.3, -0.25) is 4.79 Å². The zero-order chi connectivity index (χ0) is 17.9. The van der Waals surface area contributed by atoms with Crippen LogP contribution in [0, 0.1) is 6.92 Å². The van der Waals surface area contributed by atoms with Crippen LogP contribution in [-0.2, 0) is 6.42 Å². The normalized spacial score (nSPS) is 12.8. The number of nitrogens with one attached hydrogen (secondary N) is 1. The lowest BCUT2D eigenvalue weighted by Crippen LogP contribution is -2.25. The maximum Gasteiger partial charge on any atom is 0.251 e. The summed E-state index contributed by atoms with van der Waals surface area (Å²) in [6, 6.07) is 9.47. The number of hydrogen-bond acceptors (Lipinski definition) is 6. The first-order valence-corrected chi connectivity index (χ1v) is 10.1. The van der Waals surface area contributed by atoms with Gasteiger partial charge in [-0.1, -0.05) is 0 Å². The molecule has 0 spiro atoms. The van der Waals surface area contributed by atoms with Crippen molar-refractivity contribution in [2.45, 2.75) is 13.3 Å². The minimum Gasteiger partial charge on any atom is -0.486 e. The Kier molecular flexibility index (Phi) is 4.90. The van der Waals surface area contributed by atoms with Gasteiger partial charge in [0.2, 0.25) is 0 Å². The summed E-state index contributed by atoms with van der Waals surface area (Å²) in [5, 5.41) is 6.11. The minimum atomic E-state index is -0.103. The third-order valence-electron chi connectivity index (χ3n) is 3.99. The molecule has 0 fully saturated rings. The van der Waals surface area contributed by atoms with Crippen molar-refractivity contribution < 1.29 is 14.3 Å². The molecular formula is C19H18N2O3S2. The Bertz CT molecular complexity index is 933. The molecule has 0 unspecified atom stereocenters. The van der Waals surface area contributed by atoms with Crippen molar-refractivity contribution >= 4 is 28.6 Å². The van der Waals surface area contributed by atoms with E-state index in [4.69, 9.17) is 9.47 Å². The number of nitrogens with zero attached hydrogens (tertiary/aromatic N) is 1. The Morgan fingerprint density at radius 2 is 2.04 bits per heavy atom. The molecule has 134 valence electrons. The van der Waals surface area contributed by atoms with Crippen LogP contribution in [0.15, 0.2) is 35.7 Å². The number of aromatic nitrogens is 1. The predicted octanol–water partition coefficient (Wildman–Crippen LogP) is 3.92. The van der Waals surface area contributed by atoms with Gasteiger partial charge in [0.1, 0.15) is 13.2 Å². The lowest BCUT2D eigenvalue weighted by Gasteiger charge is -2.18. The maximum atomic E-state index is 12.3. The predicted molar refractivity (Wildman–Crippen MR) is 104 cm³/mol. The molecule has 0 bridgehead atoms. The van der Waals surface area contributed by atoms with Crippen molar-refractivity contribution in [3.8, 4) is 22.1 Å². The van der Waals surface area contributed by atoms with Crippen LogP contribution in [0.3, 0.4) is 0 Å². The van der Waals surface area contributed by atoms with Gasteiger partial charge in [0, 0.05) is 22.4 Å². The highest BCUT2D eigenvalue weighted by Gasteiger charge is 2.15. The van der Waals surface area contributed by atoms with Gasteiger partial charge in [-0.15, -0.1) is 22.7 Å². The Hall–Kier alpha value is -2.38. The highest BCUT2D eigenvalue weighted by Crippen LogP contribution is 2.31. The average Bonchev–Trinajstić information content (AvgIpc) is 3.30. The monoisotopic (exact) mass is 386 g/mol. The van der Waals surface area contributed by atoms with Crippen molar-refractivity contribution in [1.82, 2.24) is 10.3 Å². The SMILES string of the molecule is Cc1nc(-c2ccc(CCNC(=O)c3ccc4c(c3)OCCO4)s2)cs1. The Labute approximate surface area is 159 Å². The van der Waals surface area contributed by atoms with Gasteiger partial charge in [0.05, 0.1) is 15.6 Å². The van der Waals surface area contributed by atoms with Crippen molar-refractivity contribution in [1.29, 1.82) is 0 Å². The molecule has 1 amide bonds. The Morgan fingerprint density at radius 3 is 2.85 bits per heavy atom. The molecule has 0 atom stereocenters. The largest absolute Gasteiger partial charge is 0.486 e. The van der Waals surface area contributed by atoms with E-state index in [0.717, 1.165) is 17.1 Å². The summed E-state index contributed by atoms with van der Waals surface area (Å²) < 4.78 is 11.0. The number of carbonyl (C=O) groups is 1. The first kappa shape index (κ1) is 17.1. The number of thiophene rings is 1. The quantitative estimate of drug-likeness (QED) is 0.722. The van der Waals surface area contributed by atoms with Crippen LogP contribution in [0.4, 0.5) is 0 Å². The molecule has 1 N–H and O–H groups in total. The number of rotatable bonds is 5. The molecule has 0 radical (unpaired) electrons. The molecule has 1 aliphatic rings. The van der Waals surface area contributed by atoms with E-state index in [1.54, 1.807) is 40.9 Å². The second-order valence-electron chi connectivity index (χ2n) is 5.88. The van der Waals surface area contributed by atoms with E-state index in [1.807, 2.05) is 6.92 Å². The second-order valence-corrected chi connectivity index (χ2v) is 8.11. The van der Waals surface area contributed by atoms with Crippen LogP contribution >= 0.6 is 22.7 Å². The lowest BCUT2D eigenvalue weighted by molar-refractivity contribution is 0.0953. The molecule has 3 aromatic rings. The van der Waals surface area contributed by atoms with E-state index < -0.39 is 0 Å². The first-order valence-electron chi connectivity index (χ1n) is 8.38. The van der Waals surface area contributed by atoms with Gasteiger partial charge in [0.15, 0.2) is 11.5 Å². The van der Waals surface area contributed by atoms with Gasteiger partial charge in [-0.25, -0.2) is 4.98 Å². The zero-order valence-corrected chi connectivity index (χ0v) is 15.9. The number of amides is 1. The molecule has 3 heterocycles. The summed E-state index contributed by atoms with van der Waals surface area (Å²) in [5.74, 6) is 1.22. The third-order valence-corrected chi connectivity index (χ3v) is 5.94. The zero-order valence-electron chi connectivity index (χ0n) is 14.3. The lowest BCUT2D eigenvalue weighted by atomic mass is 10.2. The number of carbonyl (C=O) groups excluding carboxylic acids is 1. The topological polar surface area (TPSA) is 60.5 Å². The van der Waals surface area contributed by atoms with E-state index in [9.17, 15) is 4.79 Å².